The van der Waals surface area contributed by atoms with Crippen LogP contribution in [0.2, 0.25) is 5.02 Å². The van der Waals surface area contributed by atoms with Crippen molar-refractivity contribution in [3.8, 4) is 5.75 Å². The Bertz CT molecular complexity index is 554. The summed E-state index contributed by atoms with van der Waals surface area (Å²) in [5.41, 5.74) is 2.10. The smallest absolute Gasteiger partial charge is 0.139 e. The fourth-order valence-corrected chi connectivity index (χ4v) is 2.13. The van der Waals surface area contributed by atoms with Gasteiger partial charge in [0.15, 0.2) is 0 Å². The van der Waals surface area contributed by atoms with Gasteiger partial charge >= 0.3 is 0 Å². The summed E-state index contributed by atoms with van der Waals surface area (Å²) in [6, 6.07) is 7.60. The van der Waals surface area contributed by atoms with Gasteiger partial charge in [-0.3, -0.25) is 4.68 Å². The van der Waals surface area contributed by atoms with Crippen LogP contribution in [0.15, 0.2) is 28.7 Å². The Labute approximate surface area is 120 Å². The first-order valence-corrected chi connectivity index (χ1v) is 6.87. The van der Waals surface area contributed by atoms with Crippen LogP contribution < -0.4 is 4.74 Å². The molecule has 0 aliphatic rings. The van der Waals surface area contributed by atoms with Gasteiger partial charge in [0.05, 0.1) is 16.4 Å². The molecule has 0 aliphatic heterocycles. The molecule has 5 heteroatoms. The predicted molar refractivity (Wildman–Crippen MR) is 76.1 cm³/mol. The van der Waals surface area contributed by atoms with Gasteiger partial charge in [-0.25, -0.2) is 0 Å². The molecule has 2 aromatic rings. The summed E-state index contributed by atoms with van der Waals surface area (Å²) in [5, 5.41) is 4.98. The minimum atomic E-state index is 0.458. The number of ether oxygens (including phenoxy) is 1. The summed E-state index contributed by atoms with van der Waals surface area (Å²) in [6.45, 7) is 2.54. The number of aryl methyl sites for hydroxylation is 2. The molecule has 0 bridgehead atoms. The Kier molecular flexibility index (Phi) is 4.30. The average Bonchev–Trinajstić information content (AvgIpc) is 2.71. The van der Waals surface area contributed by atoms with Gasteiger partial charge in [0, 0.05) is 11.5 Å². The van der Waals surface area contributed by atoms with Crippen molar-refractivity contribution in [3.05, 3.63) is 45.1 Å². The summed E-state index contributed by atoms with van der Waals surface area (Å²) in [6.07, 6.45) is 0.922. The van der Waals surface area contributed by atoms with Gasteiger partial charge in [-0.2, -0.15) is 5.10 Å². The molecular weight excluding hydrogens is 316 g/mol. The van der Waals surface area contributed by atoms with Crippen LogP contribution in [-0.2, 0) is 20.1 Å². The quantitative estimate of drug-likeness (QED) is 0.848. The highest BCUT2D eigenvalue weighted by Crippen LogP contribution is 2.28. The summed E-state index contributed by atoms with van der Waals surface area (Å²) >= 11 is 9.46. The molecule has 3 nitrogen and oxygen atoms in total. The van der Waals surface area contributed by atoms with Gasteiger partial charge in [-0.05, 0) is 30.7 Å². The van der Waals surface area contributed by atoms with Crippen molar-refractivity contribution in [1.29, 1.82) is 0 Å². The lowest BCUT2D eigenvalue weighted by atomic mass is 10.3. The highest BCUT2D eigenvalue weighted by atomic mass is 79.9. The Morgan fingerprint density at radius 3 is 2.83 bits per heavy atom. The molecule has 0 amide bonds. The van der Waals surface area contributed by atoms with E-state index in [0.717, 1.165) is 22.3 Å². The molecule has 96 valence electrons. The third-order valence-corrected chi connectivity index (χ3v) is 3.46. The summed E-state index contributed by atoms with van der Waals surface area (Å²) in [5.74, 6) is 0.672. The zero-order chi connectivity index (χ0) is 13.1. The second-order valence-electron chi connectivity index (χ2n) is 3.97. The van der Waals surface area contributed by atoms with Crippen molar-refractivity contribution in [2.24, 2.45) is 7.05 Å². The van der Waals surface area contributed by atoms with Crippen LogP contribution in [0.4, 0.5) is 0 Å². The largest absolute Gasteiger partial charge is 0.486 e. The molecule has 0 spiro atoms. The van der Waals surface area contributed by atoms with Crippen LogP contribution in [-0.4, -0.2) is 9.78 Å². The van der Waals surface area contributed by atoms with Gasteiger partial charge in [-0.1, -0.05) is 34.5 Å². The van der Waals surface area contributed by atoms with E-state index < -0.39 is 0 Å². The van der Waals surface area contributed by atoms with E-state index in [1.807, 2.05) is 36.0 Å². The average molecular weight is 330 g/mol. The Morgan fingerprint density at radius 2 is 2.17 bits per heavy atom. The van der Waals surface area contributed by atoms with Crippen molar-refractivity contribution < 1.29 is 4.74 Å². The molecule has 0 radical (unpaired) electrons. The standard InChI is InChI=1S/C13H14BrClN2O/c1-3-10-7-11(17(2)16-10)8-18-13-6-9(14)4-5-12(13)15/h4-7H,3,8H2,1-2H3. The molecule has 0 fully saturated rings. The molecule has 1 aromatic carbocycles. The van der Waals surface area contributed by atoms with E-state index in [1.54, 1.807) is 0 Å². The molecule has 0 N–H and O–H groups in total. The van der Waals surface area contributed by atoms with Gasteiger partial charge < -0.3 is 4.74 Å². The molecular formula is C13H14BrClN2O. The second kappa shape index (κ2) is 5.76. The zero-order valence-corrected chi connectivity index (χ0v) is 12.6. The lowest BCUT2D eigenvalue weighted by Crippen LogP contribution is -2.03. The summed E-state index contributed by atoms with van der Waals surface area (Å²) in [4.78, 5) is 0. The minimum absolute atomic E-state index is 0.458. The maximum atomic E-state index is 6.07. The third-order valence-electron chi connectivity index (χ3n) is 2.66. The molecule has 0 unspecified atom stereocenters. The van der Waals surface area contributed by atoms with Crippen LogP contribution in [0, 0.1) is 0 Å². The first-order valence-electron chi connectivity index (χ1n) is 5.69. The van der Waals surface area contributed by atoms with Crippen LogP contribution in [0.25, 0.3) is 0 Å². The Morgan fingerprint density at radius 1 is 1.39 bits per heavy atom. The summed E-state index contributed by atoms with van der Waals surface area (Å²) < 4.78 is 8.50. The van der Waals surface area contributed by atoms with E-state index in [4.69, 9.17) is 16.3 Å². The molecule has 0 atom stereocenters. The van der Waals surface area contributed by atoms with Crippen molar-refractivity contribution in [1.82, 2.24) is 9.78 Å². The Hall–Kier alpha value is -1.00. The van der Waals surface area contributed by atoms with Crippen LogP contribution in [0.5, 0.6) is 5.75 Å². The van der Waals surface area contributed by atoms with Gasteiger partial charge in [0.25, 0.3) is 0 Å². The lowest BCUT2D eigenvalue weighted by Gasteiger charge is -2.08. The lowest BCUT2D eigenvalue weighted by molar-refractivity contribution is 0.295. The normalized spacial score (nSPS) is 10.7. The zero-order valence-electron chi connectivity index (χ0n) is 10.3. The fraction of sp³-hybridized carbons (Fsp3) is 0.308. The molecule has 1 aromatic heterocycles. The third kappa shape index (κ3) is 3.06. The van der Waals surface area contributed by atoms with E-state index in [-0.39, 0.29) is 0 Å². The highest BCUT2D eigenvalue weighted by Gasteiger charge is 2.07. The molecule has 2 rings (SSSR count). The van der Waals surface area contributed by atoms with Crippen molar-refractivity contribution in [3.63, 3.8) is 0 Å². The molecule has 0 aliphatic carbocycles. The number of hydrogen-bond donors (Lipinski definition) is 0. The Balaban J connectivity index is 2.11. The maximum absolute atomic E-state index is 6.07. The van der Waals surface area contributed by atoms with Crippen molar-refractivity contribution in [2.45, 2.75) is 20.0 Å². The number of halogens is 2. The van der Waals surface area contributed by atoms with Crippen molar-refractivity contribution in [2.75, 3.05) is 0 Å². The van der Waals surface area contributed by atoms with Crippen molar-refractivity contribution >= 4 is 27.5 Å². The van der Waals surface area contributed by atoms with Crippen LogP contribution in [0.3, 0.4) is 0 Å². The van der Waals surface area contributed by atoms with E-state index >= 15 is 0 Å². The van der Waals surface area contributed by atoms with Crippen LogP contribution in [0.1, 0.15) is 18.3 Å². The van der Waals surface area contributed by atoms with E-state index in [0.29, 0.717) is 17.4 Å². The molecule has 0 saturated carbocycles. The van der Waals surface area contributed by atoms with Gasteiger partial charge in [0.1, 0.15) is 12.4 Å². The van der Waals surface area contributed by atoms with Gasteiger partial charge in [0.2, 0.25) is 0 Å². The summed E-state index contributed by atoms with van der Waals surface area (Å²) in [7, 11) is 1.92. The number of rotatable bonds is 4. The predicted octanol–water partition coefficient (Wildman–Crippen LogP) is 3.98. The van der Waals surface area contributed by atoms with Gasteiger partial charge in [-0.15, -0.1) is 0 Å². The first-order chi connectivity index (χ1) is 8.60. The minimum Gasteiger partial charge on any atom is -0.486 e. The molecule has 1 heterocycles. The monoisotopic (exact) mass is 328 g/mol. The van der Waals surface area contributed by atoms with E-state index in [2.05, 4.69) is 28.0 Å². The number of aromatic nitrogens is 2. The second-order valence-corrected chi connectivity index (χ2v) is 5.29. The SMILES string of the molecule is CCc1cc(COc2cc(Br)ccc2Cl)n(C)n1. The van der Waals surface area contributed by atoms with E-state index in [9.17, 15) is 0 Å². The fourth-order valence-electron chi connectivity index (χ4n) is 1.62. The number of nitrogens with zero attached hydrogens (tertiary/aromatic N) is 2. The molecule has 18 heavy (non-hydrogen) atoms. The topological polar surface area (TPSA) is 27.1 Å². The molecule has 0 saturated heterocycles. The van der Waals surface area contributed by atoms with E-state index in [1.165, 1.54) is 0 Å². The number of hydrogen-bond acceptors (Lipinski definition) is 2. The maximum Gasteiger partial charge on any atom is 0.139 e. The number of benzene rings is 1. The first kappa shape index (κ1) is 13.4. The highest BCUT2D eigenvalue weighted by molar-refractivity contribution is 9.10. The van der Waals surface area contributed by atoms with Crippen LogP contribution >= 0.6 is 27.5 Å².